The van der Waals surface area contributed by atoms with E-state index in [4.69, 9.17) is 37.9 Å². The monoisotopic (exact) mass is 509 g/mol. The van der Waals surface area contributed by atoms with Crippen LogP contribution in [0.5, 0.6) is 5.75 Å². The number of nitrogens with zero attached hydrogens (tertiary/aromatic N) is 3. The molecule has 35 heavy (non-hydrogen) atoms. The highest BCUT2D eigenvalue weighted by atomic mass is 35.5. The molecule has 0 spiro atoms. The minimum absolute atomic E-state index is 0.0938. The van der Waals surface area contributed by atoms with Gasteiger partial charge in [0.1, 0.15) is 17.1 Å². The Labute approximate surface area is 219 Å². The van der Waals surface area contributed by atoms with Gasteiger partial charge in [-0.3, -0.25) is 9.98 Å². The Morgan fingerprint density at radius 1 is 0.914 bits per heavy atom. The normalized spacial score (nSPS) is 22.3. The Bertz CT molecular complexity index is 1250. The van der Waals surface area contributed by atoms with E-state index in [1.165, 1.54) is 0 Å². The Balaban J connectivity index is 1.95. The van der Waals surface area contributed by atoms with Gasteiger partial charge in [-0.1, -0.05) is 68.2 Å². The van der Waals surface area contributed by atoms with Crippen molar-refractivity contribution in [1.29, 1.82) is 0 Å². The van der Waals surface area contributed by atoms with Crippen LogP contribution in [-0.2, 0) is 16.5 Å². The number of hydrogen-bond acceptors (Lipinski definition) is 4. The summed E-state index contributed by atoms with van der Waals surface area (Å²) in [4.78, 5) is 12.5. The summed E-state index contributed by atoms with van der Waals surface area (Å²) in [6.45, 7) is 13.4. The number of pyridine rings is 1. The molecule has 0 saturated heterocycles. The number of likely N-dealkylation sites (N-methyl/N-ethyl adjacent to an activating group) is 1. The summed E-state index contributed by atoms with van der Waals surface area (Å²) in [5.41, 5.74) is 2.79. The lowest BCUT2D eigenvalue weighted by molar-refractivity contribution is 0.149. The molecule has 2 aromatic carbocycles. The average molecular weight is 511 g/mol. The lowest BCUT2D eigenvalue weighted by atomic mass is 9.71. The van der Waals surface area contributed by atoms with E-state index in [2.05, 4.69) is 70.8 Å². The quantitative estimate of drug-likeness (QED) is 0.355. The third-order valence-corrected chi connectivity index (χ3v) is 7.76. The largest absolute Gasteiger partial charge is 0.493 e. The maximum atomic E-state index is 6.26. The molecule has 0 fully saturated rings. The fourth-order valence-electron chi connectivity index (χ4n) is 4.83. The van der Waals surface area contributed by atoms with Crippen LogP contribution in [0.25, 0.3) is 0 Å². The molecule has 4 nitrogen and oxygen atoms in total. The standard InChI is InChI=1S/C29H33Cl2N3O/c1-8-35-24-17-25(27(2,3)4)32-18-23(24)26-33-28(5,19-9-13-21(30)14-10-19)29(6,34(26)7)20-11-15-22(31)16-12-20/h9-18H,8H2,1-7H3. The Morgan fingerprint density at radius 2 is 1.46 bits per heavy atom. The topological polar surface area (TPSA) is 37.7 Å². The Hall–Kier alpha value is -2.56. The first-order chi connectivity index (χ1) is 16.4. The summed E-state index contributed by atoms with van der Waals surface area (Å²) >= 11 is 12.5. The molecule has 2 unspecified atom stereocenters. The number of halogens is 2. The molecule has 2 atom stereocenters. The second kappa shape index (κ2) is 9.15. The van der Waals surface area contributed by atoms with Gasteiger partial charge in [0.2, 0.25) is 0 Å². The van der Waals surface area contributed by atoms with E-state index in [-0.39, 0.29) is 5.41 Å². The smallest absolute Gasteiger partial charge is 0.137 e. The van der Waals surface area contributed by atoms with E-state index in [0.29, 0.717) is 16.7 Å². The van der Waals surface area contributed by atoms with E-state index in [0.717, 1.165) is 34.0 Å². The van der Waals surface area contributed by atoms with Crippen LogP contribution >= 0.6 is 23.2 Å². The summed E-state index contributed by atoms with van der Waals surface area (Å²) in [5, 5.41) is 1.40. The number of benzene rings is 2. The van der Waals surface area contributed by atoms with Gasteiger partial charge in [0.25, 0.3) is 0 Å². The van der Waals surface area contributed by atoms with Crippen molar-refractivity contribution in [3.05, 3.63) is 93.2 Å². The van der Waals surface area contributed by atoms with Crippen LogP contribution in [0.3, 0.4) is 0 Å². The SMILES string of the molecule is CCOc1cc(C(C)(C)C)ncc1C1=NC(C)(c2ccc(Cl)cc2)C(C)(c2ccc(Cl)cc2)N1C. The molecule has 0 amide bonds. The Morgan fingerprint density at radius 3 is 1.97 bits per heavy atom. The molecule has 3 aromatic rings. The van der Waals surface area contributed by atoms with Crippen LogP contribution in [0.15, 0.2) is 65.8 Å². The molecule has 1 aliphatic heterocycles. The van der Waals surface area contributed by atoms with Crippen LogP contribution in [-0.4, -0.2) is 29.4 Å². The lowest BCUT2D eigenvalue weighted by Crippen LogP contribution is -2.50. The summed E-state index contributed by atoms with van der Waals surface area (Å²) in [6, 6.07) is 18.0. The molecule has 1 aromatic heterocycles. The van der Waals surface area contributed by atoms with Gasteiger partial charge in [-0.2, -0.15) is 0 Å². The van der Waals surface area contributed by atoms with Crippen molar-refractivity contribution in [2.75, 3.05) is 13.7 Å². The molecule has 4 rings (SSSR count). The second-order valence-corrected chi connectivity index (χ2v) is 11.3. The zero-order valence-electron chi connectivity index (χ0n) is 21.5. The zero-order chi connectivity index (χ0) is 25.6. The van der Waals surface area contributed by atoms with Crippen LogP contribution in [0, 0.1) is 0 Å². The summed E-state index contributed by atoms with van der Waals surface area (Å²) < 4.78 is 6.13. The fraction of sp³-hybridized carbons (Fsp3) is 0.379. The molecule has 6 heteroatoms. The van der Waals surface area contributed by atoms with Gasteiger partial charge in [0.05, 0.1) is 17.7 Å². The molecule has 0 N–H and O–H groups in total. The van der Waals surface area contributed by atoms with E-state index >= 15 is 0 Å². The number of ether oxygens (including phenoxy) is 1. The predicted molar refractivity (Wildman–Crippen MR) is 146 cm³/mol. The van der Waals surface area contributed by atoms with Crippen molar-refractivity contribution in [2.24, 2.45) is 4.99 Å². The number of hydrogen-bond donors (Lipinski definition) is 0. The predicted octanol–water partition coefficient (Wildman–Crippen LogP) is 7.61. The first-order valence-corrected chi connectivity index (χ1v) is 12.7. The van der Waals surface area contributed by atoms with Crippen molar-refractivity contribution in [3.8, 4) is 5.75 Å². The molecular weight excluding hydrogens is 477 g/mol. The van der Waals surface area contributed by atoms with Crippen molar-refractivity contribution in [1.82, 2.24) is 9.88 Å². The van der Waals surface area contributed by atoms with Gasteiger partial charge in [0.15, 0.2) is 0 Å². The number of amidine groups is 1. The minimum atomic E-state index is -0.623. The first-order valence-electron chi connectivity index (χ1n) is 11.9. The van der Waals surface area contributed by atoms with Crippen molar-refractivity contribution >= 4 is 29.0 Å². The zero-order valence-corrected chi connectivity index (χ0v) is 23.0. The van der Waals surface area contributed by atoms with Crippen LogP contribution < -0.4 is 4.74 Å². The number of rotatable bonds is 5. The van der Waals surface area contributed by atoms with Gasteiger partial charge >= 0.3 is 0 Å². The van der Waals surface area contributed by atoms with Crippen molar-refractivity contribution in [2.45, 2.75) is 58.0 Å². The highest BCUT2D eigenvalue weighted by molar-refractivity contribution is 6.30. The average Bonchev–Trinajstić information content (AvgIpc) is 3.02. The molecular formula is C29H33Cl2N3O. The maximum Gasteiger partial charge on any atom is 0.137 e. The van der Waals surface area contributed by atoms with E-state index < -0.39 is 11.1 Å². The number of aromatic nitrogens is 1. The summed E-state index contributed by atoms with van der Waals surface area (Å²) in [5.74, 6) is 1.62. The molecule has 0 radical (unpaired) electrons. The van der Waals surface area contributed by atoms with Crippen LogP contribution in [0.1, 0.15) is 63.9 Å². The third kappa shape index (κ3) is 4.32. The maximum absolute atomic E-state index is 6.26. The molecule has 0 saturated carbocycles. The molecule has 0 bridgehead atoms. The van der Waals surface area contributed by atoms with E-state index in [1.807, 2.05) is 43.5 Å². The van der Waals surface area contributed by atoms with Gasteiger partial charge in [-0.15, -0.1) is 0 Å². The second-order valence-electron chi connectivity index (χ2n) is 10.4. The fourth-order valence-corrected chi connectivity index (χ4v) is 5.09. The van der Waals surface area contributed by atoms with Gasteiger partial charge in [0, 0.05) is 40.5 Å². The van der Waals surface area contributed by atoms with Crippen molar-refractivity contribution in [3.63, 3.8) is 0 Å². The van der Waals surface area contributed by atoms with E-state index in [9.17, 15) is 0 Å². The minimum Gasteiger partial charge on any atom is -0.493 e. The van der Waals surface area contributed by atoms with Gasteiger partial charge in [-0.25, -0.2) is 0 Å². The van der Waals surface area contributed by atoms with E-state index in [1.54, 1.807) is 0 Å². The highest BCUT2D eigenvalue weighted by Gasteiger charge is 2.56. The third-order valence-electron chi connectivity index (χ3n) is 7.25. The first kappa shape index (κ1) is 25.5. The lowest BCUT2D eigenvalue weighted by Gasteiger charge is -2.45. The van der Waals surface area contributed by atoms with Crippen LogP contribution in [0.2, 0.25) is 10.0 Å². The summed E-state index contributed by atoms with van der Waals surface area (Å²) in [7, 11) is 2.09. The molecule has 0 aliphatic carbocycles. The molecule has 2 heterocycles. The summed E-state index contributed by atoms with van der Waals surface area (Å²) in [6.07, 6.45) is 1.90. The molecule has 1 aliphatic rings. The molecule has 184 valence electrons. The highest BCUT2D eigenvalue weighted by Crippen LogP contribution is 2.52. The van der Waals surface area contributed by atoms with Crippen LogP contribution in [0.4, 0.5) is 0 Å². The van der Waals surface area contributed by atoms with Gasteiger partial charge in [-0.05, 0) is 56.2 Å². The van der Waals surface area contributed by atoms with Crippen molar-refractivity contribution < 1.29 is 4.74 Å². The van der Waals surface area contributed by atoms with Gasteiger partial charge < -0.3 is 9.64 Å². The number of aliphatic imine (C=N–C) groups is 1. The Kier molecular flexibility index (Phi) is 6.67.